The third-order valence-corrected chi connectivity index (χ3v) is 5.81. The van der Waals surface area contributed by atoms with E-state index >= 15 is 0 Å². The molecule has 1 aromatic rings. The molecule has 0 amide bonds. The Hall–Kier alpha value is -0.820. The maximum atomic E-state index is 6.99. The molecule has 2 bridgehead atoms. The summed E-state index contributed by atoms with van der Waals surface area (Å²) in [7, 11) is 0. The normalized spacial score (nSPS) is 34.0. The summed E-state index contributed by atoms with van der Waals surface area (Å²) in [5.74, 6) is 1.41. The first-order valence-corrected chi connectivity index (χ1v) is 8.32. The van der Waals surface area contributed by atoms with E-state index in [-0.39, 0.29) is 11.0 Å². The van der Waals surface area contributed by atoms with Crippen LogP contribution in [0.1, 0.15) is 70.4 Å². The van der Waals surface area contributed by atoms with Gasteiger partial charge >= 0.3 is 0 Å². The van der Waals surface area contributed by atoms with Gasteiger partial charge in [-0.25, -0.2) is 0 Å². The average Bonchev–Trinajstić information content (AvgIpc) is 2.37. The summed E-state index contributed by atoms with van der Waals surface area (Å²) in [5, 5.41) is 0. The molecule has 0 radical (unpaired) electrons. The van der Waals surface area contributed by atoms with Crippen molar-refractivity contribution < 1.29 is 0 Å². The van der Waals surface area contributed by atoms with Crippen molar-refractivity contribution in [3.63, 3.8) is 0 Å². The van der Waals surface area contributed by atoms with Crippen LogP contribution in [0.3, 0.4) is 0 Å². The largest absolute Gasteiger partial charge is 0.321 e. The highest BCUT2D eigenvalue weighted by atomic mass is 14.8. The molecule has 1 nitrogen and oxygen atoms in total. The SMILES string of the molecule is CC(C)(C)c1ccc(C2(N)C3CCCC2CCC3)cc1. The van der Waals surface area contributed by atoms with E-state index in [0.717, 1.165) is 0 Å². The zero-order valence-electron chi connectivity index (χ0n) is 13.3. The zero-order chi connectivity index (χ0) is 14.4. The van der Waals surface area contributed by atoms with Crippen LogP contribution in [0.5, 0.6) is 0 Å². The van der Waals surface area contributed by atoms with E-state index < -0.39 is 0 Å². The third kappa shape index (κ3) is 2.20. The van der Waals surface area contributed by atoms with E-state index in [0.29, 0.717) is 11.8 Å². The molecule has 0 spiro atoms. The fourth-order valence-electron chi connectivity index (χ4n) is 4.53. The molecule has 0 atom stereocenters. The monoisotopic (exact) mass is 271 g/mol. The second-order valence-electron chi connectivity index (χ2n) is 8.02. The Bertz CT molecular complexity index is 444. The van der Waals surface area contributed by atoms with Crippen LogP contribution in [-0.2, 0) is 11.0 Å². The summed E-state index contributed by atoms with van der Waals surface area (Å²) in [5.41, 5.74) is 9.96. The Labute approximate surface area is 124 Å². The predicted molar refractivity (Wildman–Crippen MR) is 85.7 cm³/mol. The quantitative estimate of drug-likeness (QED) is 0.784. The molecular formula is C19H29N. The molecule has 2 N–H and O–H groups in total. The van der Waals surface area contributed by atoms with Crippen molar-refractivity contribution in [3.8, 4) is 0 Å². The number of hydrogen-bond donors (Lipinski definition) is 1. The Morgan fingerprint density at radius 3 is 1.75 bits per heavy atom. The molecule has 0 saturated heterocycles. The summed E-state index contributed by atoms with van der Waals surface area (Å²) in [4.78, 5) is 0. The lowest BCUT2D eigenvalue weighted by Gasteiger charge is -2.51. The van der Waals surface area contributed by atoms with Gasteiger partial charge in [0.05, 0.1) is 0 Å². The summed E-state index contributed by atoms with van der Waals surface area (Å²) in [6.07, 6.45) is 8.08. The van der Waals surface area contributed by atoms with E-state index in [9.17, 15) is 0 Å². The van der Waals surface area contributed by atoms with E-state index in [1.54, 1.807) is 0 Å². The number of hydrogen-bond acceptors (Lipinski definition) is 1. The molecule has 0 aliphatic heterocycles. The molecule has 0 aromatic heterocycles. The molecule has 2 aliphatic carbocycles. The maximum absolute atomic E-state index is 6.99. The van der Waals surface area contributed by atoms with Crippen molar-refractivity contribution in [3.05, 3.63) is 35.4 Å². The topological polar surface area (TPSA) is 26.0 Å². The molecule has 3 rings (SSSR count). The maximum Gasteiger partial charge on any atom is 0.0466 e. The molecule has 2 saturated carbocycles. The molecule has 0 unspecified atom stereocenters. The highest BCUT2D eigenvalue weighted by molar-refractivity contribution is 5.33. The highest BCUT2D eigenvalue weighted by Gasteiger charge is 2.47. The molecule has 20 heavy (non-hydrogen) atoms. The van der Waals surface area contributed by atoms with Gasteiger partial charge in [0.25, 0.3) is 0 Å². The van der Waals surface area contributed by atoms with Gasteiger partial charge < -0.3 is 5.73 Å². The van der Waals surface area contributed by atoms with E-state index in [2.05, 4.69) is 45.0 Å². The van der Waals surface area contributed by atoms with Crippen molar-refractivity contribution in [1.29, 1.82) is 0 Å². The van der Waals surface area contributed by atoms with Crippen LogP contribution >= 0.6 is 0 Å². The molecular weight excluding hydrogens is 242 g/mol. The van der Waals surface area contributed by atoms with Crippen LogP contribution in [0.4, 0.5) is 0 Å². The van der Waals surface area contributed by atoms with Crippen LogP contribution in [-0.4, -0.2) is 0 Å². The van der Waals surface area contributed by atoms with Crippen LogP contribution in [0.25, 0.3) is 0 Å². The fraction of sp³-hybridized carbons (Fsp3) is 0.684. The second kappa shape index (κ2) is 4.87. The molecule has 2 aliphatic rings. The van der Waals surface area contributed by atoms with E-state index in [1.807, 2.05) is 0 Å². The molecule has 1 aromatic carbocycles. The van der Waals surface area contributed by atoms with Crippen molar-refractivity contribution in [2.24, 2.45) is 17.6 Å². The van der Waals surface area contributed by atoms with Gasteiger partial charge in [-0.3, -0.25) is 0 Å². The summed E-state index contributed by atoms with van der Waals surface area (Å²) in [6, 6.07) is 9.23. The first-order valence-electron chi connectivity index (χ1n) is 8.32. The highest BCUT2D eigenvalue weighted by Crippen LogP contribution is 2.51. The number of fused-ring (bicyclic) bond motifs is 2. The number of rotatable bonds is 1. The Kier molecular flexibility index (Phi) is 3.44. The fourth-order valence-corrected chi connectivity index (χ4v) is 4.53. The summed E-state index contributed by atoms with van der Waals surface area (Å²) in [6.45, 7) is 6.82. The van der Waals surface area contributed by atoms with Gasteiger partial charge in [0.2, 0.25) is 0 Å². The van der Waals surface area contributed by atoms with E-state index in [4.69, 9.17) is 5.73 Å². The average molecular weight is 271 g/mol. The van der Waals surface area contributed by atoms with Gasteiger partial charge in [-0.05, 0) is 54.1 Å². The minimum absolute atomic E-state index is 0.0487. The molecule has 1 heteroatoms. The first kappa shape index (κ1) is 14.1. The first-order chi connectivity index (χ1) is 9.42. The van der Waals surface area contributed by atoms with Gasteiger partial charge in [0, 0.05) is 5.54 Å². The smallest absolute Gasteiger partial charge is 0.0466 e. The zero-order valence-corrected chi connectivity index (χ0v) is 13.3. The Morgan fingerprint density at radius 2 is 1.35 bits per heavy atom. The van der Waals surface area contributed by atoms with Gasteiger partial charge in [-0.15, -0.1) is 0 Å². The van der Waals surface area contributed by atoms with Crippen LogP contribution in [0.15, 0.2) is 24.3 Å². The lowest BCUT2D eigenvalue weighted by molar-refractivity contribution is 0.0565. The predicted octanol–water partition coefficient (Wildman–Crippen LogP) is 4.74. The molecule has 0 heterocycles. The molecule has 2 fully saturated rings. The van der Waals surface area contributed by atoms with Crippen LogP contribution < -0.4 is 5.73 Å². The van der Waals surface area contributed by atoms with Crippen molar-refractivity contribution in [2.45, 2.75) is 70.3 Å². The Morgan fingerprint density at radius 1 is 0.900 bits per heavy atom. The van der Waals surface area contributed by atoms with Crippen molar-refractivity contribution in [2.75, 3.05) is 0 Å². The van der Waals surface area contributed by atoms with Crippen LogP contribution in [0, 0.1) is 11.8 Å². The minimum atomic E-state index is -0.0487. The summed E-state index contributed by atoms with van der Waals surface area (Å²) < 4.78 is 0. The Balaban J connectivity index is 1.95. The van der Waals surface area contributed by atoms with Gasteiger partial charge in [-0.2, -0.15) is 0 Å². The van der Waals surface area contributed by atoms with Gasteiger partial charge in [0.1, 0.15) is 0 Å². The number of benzene rings is 1. The van der Waals surface area contributed by atoms with Gasteiger partial charge in [-0.1, -0.05) is 57.9 Å². The summed E-state index contributed by atoms with van der Waals surface area (Å²) >= 11 is 0. The number of nitrogens with two attached hydrogens (primary N) is 1. The molecule has 110 valence electrons. The minimum Gasteiger partial charge on any atom is -0.321 e. The lowest BCUT2D eigenvalue weighted by atomic mass is 9.57. The standard InChI is InChI=1S/C19H29N/c1-18(2,3)14-10-12-17(13-11-14)19(20)15-6-4-7-16(19)9-5-8-15/h10-13,15-16H,4-9,20H2,1-3H3. The van der Waals surface area contributed by atoms with Gasteiger partial charge in [0.15, 0.2) is 0 Å². The van der Waals surface area contributed by atoms with Crippen molar-refractivity contribution >= 4 is 0 Å². The van der Waals surface area contributed by atoms with Crippen molar-refractivity contribution in [1.82, 2.24) is 0 Å². The van der Waals surface area contributed by atoms with Crippen LogP contribution in [0.2, 0.25) is 0 Å². The lowest BCUT2D eigenvalue weighted by Crippen LogP contribution is -2.54. The second-order valence-corrected chi connectivity index (χ2v) is 8.02. The van der Waals surface area contributed by atoms with E-state index in [1.165, 1.54) is 49.7 Å². The third-order valence-electron chi connectivity index (χ3n) is 5.81.